The Bertz CT molecular complexity index is 577. The summed E-state index contributed by atoms with van der Waals surface area (Å²) in [5.74, 6) is 0.893. The van der Waals surface area contributed by atoms with Gasteiger partial charge in [0.1, 0.15) is 5.69 Å². The average Bonchev–Trinajstić information content (AvgIpc) is 2.89. The highest BCUT2D eigenvalue weighted by Crippen LogP contribution is 2.48. The molecule has 0 amide bonds. The SMILES string of the molecule is CC[C-]1[n+]2ccccc2-[c-]2[o+]ccc2C1(Cl)CC. The molecule has 0 bridgehead atoms. The molecular formula is C15H16ClNO. The molecule has 0 fully saturated rings. The first kappa shape index (κ1) is 11.7. The fourth-order valence-corrected chi connectivity index (χ4v) is 3.25. The third kappa shape index (κ3) is 1.36. The Balaban J connectivity index is 2.32. The maximum atomic E-state index is 6.91. The lowest BCUT2D eigenvalue weighted by atomic mass is 9.83. The molecule has 1 unspecified atom stereocenters. The van der Waals surface area contributed by atoms with Crippen molar-refractivity contribution in [2.45, 2.75) is 31.6 Å². The molecule has 0 spiro atoms. The van der Waals surface area contributed by atoms with Crippen LogP contribution in [0.15, 0.2) is 41.1 Å². The Hall–Kier alpha value is -1.41. The number of pyridine rings is 1. The Morgan fingerprint density at radius 3 is 2.89 bits per heavy atom. The van der Waals surface area contributed by atoms with Crippen LogP contribution >= 0.6 is 11.6 Å². The van der Waals surface area contributed by atoms with Gasteiger partial charge in [0.2, 0.25) is 6.26 Å². The lowest BCUT2D eigenvalue weighted by molar-refractivity contribution is -0.656. The number of nitrogens with zero attached hydrogens (tertiary/aromatic N) is 1. The van der Waals surface area contributed by atoms with Gasteiger partial charge in [0, 0.05) is 0 Å². The van der Waals surface area contributed by atoms with E-state index in [0.29, 0.717) is 0 Å². The molecule has 0 radical (unpaired) electrons. The van der Waals surface area contributed by atoms with Gasteiger partial charge in [-0.2, -0.15) is 0 Å². The van der Waals surface area contributed by atoms with Crippen LogP contribution in [0.25, 0.3) is 11.5 Å². The van der Waals surface area contributed by atoms with Crippen molar-refractivity contribution in [3.05, 3.63) is 48.3 Å². The zero-order valence-corrected chi connectivity index (χ0v) is 11.4. The van der Waals surface area contributed by atoms with Crippen LogP contribution in [0.3, 0.4) is 0 Å². The highest BCUT2D eigenvalue weighted by Gasteiger charge is 2.45. The van der Waals surface area contributed by atoms with E-state index in [1.807, 2.05) is 18.2 Å². The number of halogens is 1. The molecule has 0 saturated carbocycles. The van der Waals surface area contributed by atoms with E-state index in [9.17, 15) is 0 Å². The van der Waals surface area contributed by atoms with Gasteiger partial charge < -0.3 is 8.98 Å². The van der Waals surface area contributed by atoms with Crippen molar-refractivity contribution in [3.63, 3.8) is 0 Å². The summed E-state index contributed by atoms with van der Waals surface area (Å²) in [4.78, 5) is -0.448. The normalized spacial score (nSPS) is 21.6. The predicted molar refractivity (Wildman–Crippen MR) is 71.1 cm³/mol. The maximum Gasteiger partial charge on any atom is 0.278 e. The van der Waals surface area contributed by atoms with E-state index in [-0.39, 0.29) is 0 Å². The second-order valence-electron chi connectivity index (χ2n) is 4.57. The molecule has 18 heavy (non-hydrogen) atoms. The van der Waals surface area contributed by atoms with Gasteiger partial charge in [-0.25, -0.2) is 0 Å². The minimum absolute atomic E-state index is 0.448. The Kier molecular flexibility index (Phi) is 2.63. The van der Waals surface area contributed by atoms with Crippen molar-refractivity contribution in [1.82, 2.24) is 0 Å². The van der Waals surface area contributed by atoms with Gasteiger partial charge in [0.15, 0.2) is 0 Å². The zero-order valence-electron chi connectivity index (χ0n) is 10.6. The number of furan rings is 1. The molecule has 94 valence electrons. The Morgan fingerprint density at radius 2 is 2.17 bits per heavy atom. The summed E-state index contributed by atoms with van der Waals surface area (Å²) in [7, 11) is 0. The fraction of sp³-hybridized carbons (Fsp3) is 0.333. The summed E-state index contributed by atoms with van der Waals surface area (Å²) in [6.07, 6.45) is 5.56. The first-order valence-corrected chi connectivity index (χ1v) is 6.74. The van der Waals surface area contributed by atoms with Crippen LogP contribution in [-0.2, 0) is 4.87 Å². The topological polar surface area (TPSA) is 15.2 Å². The summed E-state index contributed by atoms with van der Waals surface area (Å²) >= 11 is 6.91. The van der Waals surface area contributed by atoms with E-state index >= 15 is 0 Å². The van der Waals surface area contributed by atoms with Crippen molar-refractivity contribution in [3.8, 4) is 11.5 Å². The standard InChI is InChI=1S/C15H16ClNO/c1-3-13-15(16,4-2)11-8-10-18-14(11)12-7-5-6-9-17(12)13/h5-10H,3-4H2,1-2H3. The van der Waals surface area contributed by atoms with Crippen LogP contribution in [0.1, 0.15) is 32.3 Å². The molecule has 0 saturated heterocycles. The molecule has 1 atom stereocenters. The monoisotopic (exact) mass is 261 g/mol. The van der Waals surface area contributed by atoms with Crippen molar-refractivity contribution < 1.29 is 8.98 Å². The van der Waals surface area contributed by atoms with E-state index in [4.69, 9.17) is 16.0 Å². The van der Waals surface area contributed by atoms with E-state index in [1.165, 1.54) is 6.04 Å². The highest BCUT2D eigenvalue weighted by atomic mass is 35.5. The average molecular weight is 262 g/mol. The van der Waals surface area contributed by atoms with Crippen molar-refractivity contribution in [2.24, 2.45) is 0 Å². The van der Waals surface area contributed by atoms with E-state index in [1.54, 1.807) is 6.26 Å². The summed E-state index contributed by atoms with van der Waals surface area (Å²) in [6, 6.07) is 9.34. The second kappa shape index (κ2) is 4.06. The van der Waals surface area contributed by atoms with Gasteiger partial charge in [0.05, 0.1) is 17.1 Å². The van der Waals surface area contributed by atoms with E-state index in [0.717, 1.165) is 29.9 Å². The first-order valence-electron chi connectivity index (χ1n) is 6.37. The number of hydrogen-bond donors (Lipinski definition) is 0. The summed E-state index contributed by atoms with van der Waals surface area (Å²) < 4.78 is 7.82. The summed E-state index contributed by atoms with van der Waals surface area (Å²) in [6.45, 7) is 4.27. The quantitative estimate of drug-likeness (QED) is 0.347. The number of aromatic nitrogens is 1. The lowest BCUT2D eigenvalue weighted by Gasteiger charge is -2.39. The molecule has 1 aliphatic heterocycles. The van der Waals surface area contributed by atoms with Gasteiger partial charge in [-0.05, 0) is 18.4 Å². The predicted octanol–water partition coefficient (Wildman–Crippen LogP) is 3.88. The Labute approximate surface area is 112 Å². The van der Waals surface area contributed by atoms with Gasteiger partial charge in [-0.15, -0.1) is 23.7 Å². The smallest absolute Gasteiger partial charge is 0.278 e. The van der Waals surface area contributed by atoms with E-state index in [2.05, 4.69) is 30.7 Å². The number of fused-ring (bicyclic) bond motifs is 3. The maximum absolute atomic E-state index is 6.91. The minimum atomic E-state index is -0.448. The van der Waals surface area contributed by atoms with Gasteiger partial charge >= 0.3 is 0 Å². The third-order valence-electron chi connectivity index (χ3n) is 3.75. The number of rotatable bonds is 2. The fourth-order valence-electron chi connectivity index (χ4n) is 2.87. The molecule has 2 aromatic heterocycles. The van der Waals surface area contributed by atoms with Crippen molar-refractivity contribution in [2.75, 3.05) is 0 Å². The van der Waals surface area contributed by atoms with Crippen LogP contribution in [0.2, 0.25) is 0 Å². The molecule has 1 aliphatic rings. The van der Waals surface area contributed by atoms with Crippen LogP contribution in [0.5, 0.6) is 0 Å². The number of hydrogen-bond acceptors (Lipinski definition) is 0. The molecular weight excluding hydrogens is 246 g/mol. The molecule has 0 aromatic carbocycles. The van der Waals surface area contributed by atoms with Crippen LogP contribution in [0.4, 0.5) is 0 Å². The highest BCUT2D eigenvalue weighted by molar-refractivity contribution is 6.25. The second-order valence-corrected chi connectivity index (χ2v) is 5.22. The van der Waals surface area contributed by atoms with Crippen LogP contribution in [-0.4, -0.2) is 0 Å². The van der Waals surface area contributed by atoms with Crippen molar-refractivity contribution >= 4 is 11.6 Å². The zero-order chi connectivity index (χ0) is 12.8. The molecule has 3 heterocycles. The minimum Gasteiger partial charge on any atom is -0.335 e. The lowest BCUT2D eigenvalue weighted by Crippen LogP contribution is -2.53. The molecule has 0 aliphatic carbocycles. The molecule has 2 nitrogen and oxygen atoms in total. The molecule has 2 aromatic rings. The molecule has 0 N–H and O–H groups in total. The van der Waals surface area contributed by atoms with Crippen LogP contribution < -0.4 is 4.57 Å². The largest absolute Gasteiger partial charge is 0.335 e. The number of alkyl halides is 1. The summed E-state index contributed by atoms with van der Waals surface area (Å²) in [5.41, 5.74) is 2.17. The third-order valence-corrected chi connectivity index (χ3v) is 4.44. The summed E-state index contributed by atoms with van der Waals surface area (Å²) in [5, 5.41) is 0. The Morgan fingerprint density at radius 1 is 1.33 bits per heavy atom. The van der Waals surface area contributed by atoms with Gasteiger partial charge in [0.25, 0.3) is 5.76 Å². The molecule has 3 heteroatoms. The van der Waals surface area contributed by atoms with Gasteiger partial charge in [-0.1, -0.05) is 26.0 Å². The van der Waals surface area contributed by atoms with E-state index < -0.39 is 4.87 Å². The van der Waals surface area contributed by atoms with Gasteiger partial charge in [-0.3, -0.25) is 0 Å². The van der Waals surface area contributed by atoms with Crippen molar-refractivity contribution in [1.29, 1.82) is 0 Å². The first-order chi connectivity index (χ1) is 8.72. The van der Waals surface area contributed by atoms with Crippen LogP contribution in [0, 0.1) is 6.04 Å². The molecule has 3 rings (SSSR count).